The van der Waals surface area contributed by atoms with Gasteiger partial charge in [0.2, 0.25) is 5.78 Å². The molecule has 2 aliphatic carbocycles. The van der Waals surface area contributed by atoms with Gasteiger partial charge in [0.15, 0.2) is 0 Å². The number of carbonyl (C=O) groups excluding carboxylic acids is 1. The molecule has 3 aliphatic rings. The molecule has 0 radical (unpaired) electrons. The van der Waals surface area contributed by atoms with Gasteiger partial charge in [-0.25, -0.2) is 0 Å². The van der Waals surface area contributed by atoms with Crippen molar-refractivity contribution < 1.29 is 19.0 Å². The molecule has 0 aromatic heterocycles. The van der Waals surface area contributed by atoms with Crippen molar-refractivity contribution in [3.8, 4) is 0 Å². The van der Waals surface area contributed by atoms with Crippen LogP contribution in [0.25, 0.3) is 5.57 Å². The van der Waals surface area contributed by atoms with Crippen molar-refractivity contribution in [2.24, 2.45) is 5.41 Å². The first kappa shape index (κ1) is 17.0. The first-order valence-corrected chi connectivity index (χ1v) is 9.02. The smallest absolute Gasteiger partial charge is 0.261 e. The van der Waals surface area contributed by atoms with Crippen molar-refractivity contribution in [3.05, 3.63) is 40.0 Å². The van der Waals surface area contributed by atoms with E-state index in [0.717, 1.165) is 47.1 Å². The van der Waals surface area contributed by atoms with Crippen LogP contribution in [0.4, 0.5) is 0 Å². The molecule has 4 heteroatoms. The fourth-order valence-corrected chi connectivity index (χ4v) is 4.96. The van der Waals surface area contributed by atoms with E-state index in [1.165, 1.54) is 5.57 Å². The van der Waals surface area contributed by atoms with Crippen LogP contribution >= 0.6 is 0 Å². The molecule has 4 rings (SSSR count). The maximum absolute atomic E-state index is 13.7. The van der Waals surface area contributed by atoms with Gasteiger partial charge in [0.1, 0.15) is 6.10 Å². The van der Waals surface area contributed by atoms with Crippen LogP contribution in [0, 0.1) is 12.3 Å². The molecule has 134 valence electrons. The summed E-state index contributed by atoms with van der Waals surface area (Å²) in [7, 11) is 3.26. The molecule has 1 aromatic carbocycles. The lowest BCUT2D eigenvalue weighted by Crippen LogP contribution is -2.51. The summed E-state index contributed by atoms with van der Waals surface area (Å²) in [5.74, 6) is -1.36. The van der Waals surface area contributed by atoms with Crippen LogP contribution in [-0.2, 0) is 24.8 Å². The van der Waals surface area contributed by atoms with Crippen molar-refractivity contribution in [2.75, 3.05) is 20.8 Å². The Morgan fingerprint density at radius 3 is 2.68 bits per heavy atom. The van der Waals surface area contributed by atoms with Gasteiger partial charge in [-0.15, -0.1) is 0 Å². The summed E-state index contributed by atoms with van der Waals surface area (Å²) in [5, 5.41) is 0. The Balaban J connectivity index is 2.10. The predicted molar refractivity (Wildman–Crippen MR) is 95.1 cm³/mol. The van der Waals surface area contributed by atoms with Crippen LogP contribution in [0.3, 0.4) is 0 Å². The molecule has 0 unspecified atom stereocenters. The van der Waals surface area contributed by atoms with Gasteiger partial charge >= 0.3 is 0 Å². The molecule has 1 heterocycles. The van der Waals surface area contributed by atoms with Crippen molar-refractivity contribution in [1.82, 2.24) is 0 Å². The lowest BCUT2D eigenvalue weighted by molar-refractivity contribution is -0.242. The highest BCUT2D eigenvalue weighted by Gasteiger charge is 2.56. The summed E-state index contributed by atoms with van der Waals surface area (Å²) in [6, 6.07) is 4.26. The van der Waals surface area contributed by atoms with E-state index in [0.29, 0.717) is 6.61 Å². The van der Waals surface area contributed by atoms with Gasteiger partial charge in [-0.3, -0.25) is 4.79 Å². The third-order valence-corrected chi connectivity index (χ3v) is 6.18. The van der Waals surface area contributed by atoms with Crippen molar-refractivity contribution >= 4 is 11.4 Å². The van der Waals surface area contributed by atoms with E-state index in [1.807, 2.05) is 0 Å². The Morgan fingerprint density at radius 2 is 2.00 bits per heavy atom. The number of benzene rings is 1. The Labute approximate surface area is 149 Å². The van der Waals surface area contributed by atoms with E-state index >= 15 is 0 Å². The van der Waals surface area contributed by atoms with Crippen LogP contribution in [0.15, 0.2) is 17.7 Å². The zero-order valence-corrected chi connectivity index (χ0v) is 15.7. The summed E-state index contributed by atoms with van der Waals surface area (Å²) >= 11 is 0. The number of Topliss-reactive ketones (excluding diaryl/α,β-unsaturated/α-hetero) is 1. The molecule has 25 heavy (non-hydrogen) atoms. The summed E-state index contributed by atoms with van der Waals surface area (Å²) in [6.07, 6.45) is 2.85. The number of methoxy groups -OCH3 is 2. The summed E-state index contributed by atoms with van der Waals surface area (Å²) in [4.78, 5) is 13.7. The van der Waals surface area contributed by atoms with E-state index in [1.54, 1.807) is 14.2 Å². The third kappa shape index (κ3) is 2.08. The number of fused-ring (bicyclic) bond motifs is 1. The van der Waals surface area contributed by atoms with Crippen molar-refractivity contribution in [1.29, 1.82) is 0 Å². The number of allylic oxidation sites excluding steroid dienone is 1. The van der Waals surface area contributed by atoms with Crippen molar-refractivity contribution in [2.45, 2.75) is 51.9 Å². The number of ether oxygens (including phenoxy) is 3. The quantitative estimate of drug-likeness (QED) is 0.813. The maximum atomic E-state index is 13.7. The molecule has 0 saturated carbocycles. The molecule has 0 saturated heterocycles. The van der Waals surface area contributed by atoms with Crippen LogP contribution < -0.4 is 0 Å². The van der Waals surface area contributed by atoms with Crippen LogP contribution in [-0.4, -0.2) is 26.6 Å². The average Bonchev–Trinajstić information content (AvgIpc) is 2.59. The first-order chi connectivity index (χ1) is 11.9. The minimum Gasteiger partial charge on any atom is -0.374 e. The minimum atomic E-state index is -1.33. The molecule has 0 spiro atoms. The molecule has 4 nitrogen and oxygen atoms in total. The second kappa shape index (κ2) is 5.50. The fraction of sp³-hybridized carbons (Fsp3) is 0.571. The molecular formula is C21H26O4. The molecule has 1 aromatic rings. The van der Waals surface area contributed by atoms with Gasteiger partial charge in [0, 0.05) is 25.4 Å². The number of aryl methyl sites for hydroxylation is 1. The zero-order valence-electron chi connectivity index (χ0n) is 15.7. The van der Waals surface area contributed by atoms with E-state index in [2.05, 4.69) is 32.9 Å². The van der Waals surface area contributed by atoms with Gasteiger partial charge < -0.3 is 14.2 Å². The highest BCUT2D eigenvalue weighted by atomic mass is 16.7. The Bertz CT molecular complexity index is 789. The van der Waals surface area contributed by atoms with Gasteiger partial charge in [-0.1, -0.05) is 26.0 Å². The summed E-state index contributed by atoms with van der Waals surface area (Å²) in [5.41, 5.74) is 6.03. The van der Waals surface area contributed by atoms with Crippen LogP contribution in [0.2, 0.25) is 0 Å². The molecule has 0 bridgehead atoms. The standard InChI is InChI=1S/C21H26O4/c1-12-8-9-14-13-7-6-10-20(2,3)18(13)19(22)21(24-5)17(14)16(12)15(23-4)11-25-21/h8-9,15H,6-7,10-11H2,1-5H3/t15-,21-/m1/s1. The lowest BCUT2D eigenvalue weighted by Gasteiger charge is -2.48. The van der Waals surface area contributed by atoms with E-state index < -0.39 is 5.79 Å². The summed E-state index contributed by atoms with van der Waals surface area (Å²) < 4.78 is 17.6. The highest BCUT2D eigenvalue weighted by molar-refractivity contribution is 6.12. The van der Waals surface area contributed by atoms with E-state index in [4.69, 9.17) is 14.2 Å². The molecule has 1 aliphatic heterocycles. The fourth-order valence-electron chi connectivity index (χ4n) is 4.96. The SMILES string of the molecule is CO[C@@H]1CO[C@@]2(OC)C(=O)C3=C(CCCC3(C)C)c3ccc(C)c1c32. The molecule has 0 N–H and O–H groups in total. The van der Waals surface area contributed by atoms with Gasteiger partial charge in [0.25, 0.3) is 5.79 Å². The first-order valence-electron chi connectivity index (χ1n) is 9.02. The van der Waals surface area contributed by atoms with E-state index in [9.17, 15) is 4.79 Å². The largest absolute Gasteiger partial charge is 0.374 e. The number of rotatable bonds is 2. The monoisotopic (exact) mass is 342 g/mol. The molecule has 0 amide bonds. The Morgan fingerprint density at radius 1 is 1.24 bits per heavy atom. The number of carbonyl (C=O) groups is 1. The van der Waals surface area contributed by atoms with Crippen LogP contribution in [0.5, 0.6) is 0 Å². The minimum absolute atomic E-state index is 0.0244. The summed E-state index contributed by atoms with van der Waals surface area (Å²) in [6.45, 7) is 6.69. The van der Waals surface area contributed by atoms with Crippen molar-refractivity contribution in [3.63, 3.8) is 0 Å². The average molecular weight is 342 g/mol. The van der Waals surface area contributed by atoms with E-state index in [-0.39, 0.29) is 17.3 Å². The lowest BCUT2D eigenvalue weighted by atomic mass is 9.63. The second-order valence-electron chi connectivity index (χ2n) is 7.99. The van der Waals surface area contributed by atoms with Gasteiger partial charge in [0.05, 0.1) is 6.61 Å². The maximum Gasteiger partial charge on any atom is 0.261 e. The molecular weight excluding hydrogens is 316 g/mol. The third-order valence-electron chi connectivity index (χ3n) is 6.18. The number of hydrogen-bond acceptors (Lipinski definition) is 4. The number of ketones is 1. The zero-order chi connectivity index (χ0) is 18.0. The molecule has 2 atom stereocenters. The van der Waals surface area contributed by atoms with Crippen LogP contribution in [0.1, 0.15) is 61.5 Å². The van der Waals surface area contributed by atoms with Gasteiger partial charge in [-0.2, -0.15) is 0 Å². The predicted octanol–water partition coefficient (Wildman–Crippen LogP) is 4.06. The topological polar surface area (TPSA) is 44.8 Å². The highest BCUT2D eigenvalue weighted by Crippen LogP contribution is 2.56. The Hall–Kier alpha value is -1.49. The molecule has 0 fully saturated rings. The normalized spacial score (nSPS) is 30.1. The second-order valence-corrected chi connectivity index (χ2v) is 7.99. The number of hydrogen-bond donors (Lipinski definition) is 0. The Kier molecular flexibility index (Phi) is 3.73. The van der Waals surface area contributed by atoms with Gasteiger partial charge in [-0.05, 0) is 53.9 Å².